The van der Waals surface area contributed by atoms with Crippen molar-refractivity contribution >= 4 is 40.5 Å². The Morgan fingerprint density at radius 3 is 2.79 bits per heavy atom. The second-order valence-corrected chi connectivity index (χ2v) is 6.46. The number of carbonyl (C=O) groups is 1. The van der Waals surface area contributed by atoms with E-state index in [1.807, 2.05) is 25.3 Å². The van der Waals surface area contributed by atoms with Gasteiger partial charge in [-0.15, -0.1) is 0 Å². The van der Waals surface area contributed by atoms with Crippen LogP contribution in [0.1, 0.15) is 20.8 Å². The summed E-state index contributed by atoms with van der Waals surface area (Å²) in [7, 11) is 0. The number of aliphatic carboxylic acids is 1. The zero-order valence-electron chi connectivity index (χ0n) is 10.8. The van der Waals surface area contributed by atoms with E-state index in [9.17, 15) is 4.79 Å². The van der Waals surface area contributed by atoms with Gasteiger partial charge in [-0.05, 0) is 26.8 Å². The minimum absolute atomic E-state index is 0.0346. The predicted octanol–water partition coefficient (Wildman–Crippen LogP) is 3.02. The van der Waals surface area contributed by atoms with Crippen molar-refractivity contribution < 1.29 is 9.90 Å². The Balaban J connectivity index is 2.58. The molecule has 0 spiro atoms. The molecule has 0 bridgehead atoms. The highest BCUT2D eigenvalue weighted by atomic mass is 35.5. The maximum Gasteiger partial charge on any atom is 0.313 e. The zero-order valence-corrected chi connectivity index (χ0v) is 12.4. The van der Waals surface area contributed by atoms with E-state index < -0.39 is 5.97 Å². The first-order chi connectivity index (χ1) is 8.79. The molecule has 2 heterocycles. The molecule has 0 atom stereocenters. The number of nitrogens with zero attached hydrogens (tertiary/aromatic N) is 3. The number of aromatic nitrogens is 3. The average Bonchev–Trinajstić information content (AvgIpc) is 2.63. The number of rotatable bonds is 3. The molecule has 7 heteroatoms. The van der Waals surface area contributed by atoms with Crippen LogP contribution in [0, 0.1) is 0 Å². The first-order valence-electron chi connectivity index (χ1n) is 5.68. The van der Waals surface area contributed by atoms with E-state index in [0.29, 0.717) is 21.3 Å². The summed E-state index contributed by atoms with van der Waals surface area (Å²) in [6.45, 7) is 6.07. The molecule has 0 saturated carbocycles. The number of imidazole rings is 1. The Morgan fingerprint density at radius 2 is 2.21 bits per heavy atom. The number of carboxylic acid groups (broad SMARTS) is 1. The summed E-state index contributed by atoms with van der Waals surface area (Å²) >= 11 is 7.09. The van der Waals surface area contributed by atoms with Gasteiger partial charge in [-0.3, -0.25) is 9.36 Å². The van der Waals surface area contributed by atoms with Crippen molar-refractivity contribution in [3.63, 3.8) is 0 Å². The molecular weight excluding hydrogens is 286 g/mol. The van der Waals surface area contributed by atoms with Crippen LogP contribution in [0.2, 0.25) is 5.02 Å². The number of thioether (sulfide) groups is 1. The quantitative estimate of drug-likeness (QED) is 0.882. The molecule has 0 aliphatic carbocycles. The van der Waals surface area contributed by atoms with Crippen LogP contribution in [-0.4, -0.2) is 31.4 Å². The maximum atomic E-state index is 10.7. The molecule has 2 rings (SSSR count). The Labute approximate surface area is 120 Å². The summed E-state index contributed by atoms with van der Waals surface area (Å²) in [5.74, 6) is -0.906. The van der Waals surface area contributed by atoms with E-state index in [4.69, 9.17) is 16.7 Å². The molecule has 0 amide bonds. The van der Waals surface area contributed by atoms with Gasteiger partial charge in [0.05, 0.1) is 10.8 Å². The first-order valence-corrected chi connectivity index (χ1v) is 7.04. The monoisotopic (exact) mass is 299 g/mol. The lowest BCUT2D eigenvalue weighted by molar-refractivity contribution is -0.133. The van der Waals surface area contributed by atoms with Crippen LogP contribution in [0.4, 0.5) is 0 Å². The van der Waals surface area contributed by atoms with Crippen molar-refractivity contribution in [2.75, 3.05) is 5.75 Å². The van der Waals surface area contributed by atoms with Gasteiger partial charge in [0.2, 0.25) is 0 Å². The van der Waals surface area contributed by atoms with Crippen molar-refractivity contribution in [2.45, 2.75) is 31.5 Å². The Morgan fingerprint density at radius 1 is 1.53 bits per heavy atom. The molecule has 0 aliphatic heterocycles. The fraction of sp³-hybridized carbons (Fsp3) is 0.417. The summed E-state index contributed by atoms with van der Waals surface area (Å²) in [4.78, 5) is 19.4. The van der Waals surface area contributed by atoms with E-state index >= 15 is 0 Å². The highest BCUT2D eigenvalue weighted by molar-refractivity contribution is 7.99. The average molecular weight is 300 g/mol. The number of hydrogen-bond donors (Lipinski definition) is 1. The minimum atomic E-state index is -0.872. The van der Waals surface area contributed by atoms with Gasteiger partial charge in [0.1, 0.15) is 5.52 Å². The normalized spacial score (nSPS) is 12.0. The molecule has 19 heavy (non-hydrogen) atoms. The number of pyridine rings is 1. The molecule has 0 aromatic carbocycles. The number of carboxylic acids is 1. The Hall–Kier alpha value is -1.27. The second-order valence-electron chi connectivity index (χ2n) is 5.08. The van der Waals surface area contributed by atoms with Gasteiger partial charge >= 0.3 is 5.97 Å². The molecule has 0 fully saturated rings. The van der Waals surface area contributed by atoms with Gasteiger partial charge in [0.25, 0.3) is 0 Å². The van der Waals surface area contributed by atoms with Crippen LogP contribution in [0.5, 0.6) is 0 Å². The standard InChI is InChI=1S/C12H14ClN3O2S/c1-12(2,3)16-10-8(4-7(13)5-14-10)15-11(16)19-6-9(17)18/h4-5H,6H2,1-3H3,(H,17,18). The van der Waals surface area contributed by atoms with E-state index in [-0.39, 0.29) is 11.3 Å². The SMILES string of the molecule is CC(C)(C)n1c(SCC(=O)O)nc2cc(Cl)cnc21. The summed E-state index contributed by atoms with van der Waals surface area (Å²) < 4.78 is 1.94. The van der Waals surface area contributed by atoms with Gasteiger partial charge in [-0.1, -0.05) is 23.4 Å². The van der Waals surface area contributed by atoms with Gasteiger partial charge in [-0.25, -0.2) is 9.97 Å². The van der Waals surface area contributed by atoms with Crippen molar-refractivity contribution in [2.24, 2.45) is 0 Å². The third-order valence-electron chi connectivity index (χ3n) is 2.43. The van der Waals surface area contributed by atoms with Crippen LogP contribution in [0.3, 0.4) is 0 Å². The van der Waals surface area contributed by atoms with E-state index in [1.165, 1.54) is 11.8 Å². The summed E-state index contributed by atoms with van der Waals surface area (Å²) in [5.41, 5.74) is 1.15. The van der Waals surface area contributed by atoms with Crippen LogP contribution < -0.4 is 0 Å². The summed E-state index contributed by atoms with van der Waals surface area (Å²) in [6, 6.07) is 1.73. The molecule has 5 nitrogen and oxygen atoms in total. The second kappa shape index (κ2) is 5.02. The summed E-state index contributed by atoms with van der Waals surface area (Å²) in [5, 5.41) is 9.95. The van der Waals surface area contributed by atoms with Crippen LogP contribution in [0.25, 0.3) is 11.2 Å². The lowest BCUT2D eigenvalue weighted by atomic mass is 10.1. The van der Waals surface area contributed by atoms with Crippen LogP contribution >= 0.6 is 23.4 Å². The fourth-order valence-electron chi connectivity index (χ4n) is 1.75. The Bertz CT molecular complexity index is 634. The maximum absolute atomic E-state index is 10.7. The molecule has 2 aromatic heterocycles. The molecule has 0 saturated heterocycles. The van der Waals surface area contributed by atoms with Crippen molar-refractivity contribution in [3.8, 4) is 0 Å². The minimum Gasteiger partial charge on any atom is -0.481 e. The van der Waals surface area contributed by atoms with E-state index in [1.54, 1.807) is 12.3 Å². The number of hydrogen-bond acceptors (Lipinski definition) is 4. The number of halogens is 1. The molecule has 2 aromatic rings. The topological polar surface area (TPSA) is 68.0 Å². The fourth-order valence-corrected chi connectivity index (χ4v) is 2.80. The predicted molar refractivity (Wildman–Crippen MR) is 75.9 cm³/mol. The smallest absolute Gasteiger partial charge is 0.313 e. The lowest BCUT2D eigenvalue weighted by Crippen LogP contribution is -2.23. The largest absolute Gasteiger partial charge is 0.481 e. The molecule has 0 unspecified atom stereocenters. The molecule has 1 N–H and O–H groups in total. The molecule has 0 aliphatic rings. The number of fused-ring (bicyclic) bond motifs is 1. The Kier molecular flexibility index (Phi) is 3.73. The lowest BCUT2D eigenvalue weighted by Gasteiger charge is -2.23. The van der Waals surface area contributed by atoms with Crippen LogP contribution in [0.15, 0.2) is 17.4 Å². The zero-order chi connectivity index (χ0) is 14.2. The third-order valence-corrected chi connectivity index (χ3v) is 3.56. The van der Waals surface area contributed by atoms with Crippen molar-refractivity contribution in [1.29, 1.82) is 0 Å². The van der Waals surface area contributed by atoms with Gasteiger partial charge in [-0.2, -0.15) is 0 Å². The van der Waals surface area contributed by atoms with E-state index in [0.717, 1.165) is 0 Å². The third kappa shape index (κ3) is 3.01. The van der Waals surface area contributed by atoms with Crippen LogP contribution in [-0.2, 0) is 10.3 Å². The molecule has 102 valence electrons. The van der Waals surface area contributed by atoms with E-state index in [2.05, 4.69) is 9.97 Å². The van der Waals surface area contributed by atoms with Crippen molar-refractivity contribution in [1.82, 2.24) is 14.5 Å². The van der Waals surface area contributed by atoms with Gasteiger partial charge < -0.3 is 5.11 Å². The highest BCUT2D eigenvalue weighted by Crippen LogP contribution is 2.30. The highest BCUT2D eigenvalue weighted by Gasteiger charge is 2.23. The molecular formula is C12H14ClN3O2S. The summed E-state index contributed by atoms with van der Waals surface area (Å²) in [6.07, 6.45) is 1.57. The van der Waals surface area contributed by atoms with Gasteiger partial charge in [0, 0.05) is 11.7 Å². The first kappa shape index (κ1) is 14.1. The van der Waals surface area contributed by atoms with Gasteiger partial charge in [0.15, 0.2) is 10.8 Å². The molecule has 0 radical (unpaired) electrons. The van der Waals surface area contributed by atoms with Crippen molar-refractivity contribution in [3.05, 3.63) is 17.3 Å².